The number of aliphatic carboxylic acids is 1. The van der Waals surface area contributed by atoms with Crippen LogP contribution in [0.3, 0.4) is 0 Å². The van der Waals surface area contributed by atoms with Crippen molar-refractivity contribution < 1.29 is 19.4 Å². The molecule has 1 aliphatic heterocycles. The molecule has 0 radical (unpaired) electrons. The van der Waals surface area contributed by atoms with Gasteiger partial charge in [-0.1, -0.05) is 49.1 Å². The molecule has 0 bridgehead atoms. The predicted octanol–water partition coefficient (Wildman–Crippen LogP) is 3.15. The molecule has 1 unspecified atom stereocenters. The number of carboxylic acids is 1. The van der Waals surface area contributed by atoms with Crippen LogP contribution in [0.25, 0.3) is 0 Å². The number of carbonyl (C=O) groups is 2. The summed E-state index contributed by atoms with van der Waals surface area (Å²) in [4.78, 5) is 27.3. The minimum atomic E-state index is -0.979. The lowest BCUT2D eigenvalue weighted by atomic mass is 9.68. The fraction of sp³-hybridized carbons (Fsp3) is 0.619. The zero-order chi connectivity index (χ0) is 18.8. The van der Waals surface area contributed by atoms with Gasteiger partial charge in [0.05, 0.1) is 12.0 Å². The largest absolute Gasteiger partial charge is 0.481 e. The number of amides is 1. The van der Waals surface area contributed by atoms with Crippen LogP contribution >= 0.6 is 0 Å². The Morgan fingerprint density at radius 1 is 1.19 bits per heavy atom. The number of rotatable bonds is 5. The maximum Gasteiger partial charge on any atom is 0.313 e. The number of carboxylic acid groups (broad SMARTS) is 1. The minimum absolute atomic E-state index is 0.0991. The van der Waals surface area contributed by atoms with E-state index in [1.807, 2.05) is 19.1 Å². The topological polar surface area (TPSA) is 66.8 Å². The van der Waals surface area contributed by atoms with Crippen molar-refractivity contribution in [3.05, 3.63) is 35.4 Å². The SMILES string of the molecule is COCC1(C(=O)O)CCN(C(=O)C2(c3cccc(C)c3)CCCCC2)C1. The van der Waals surface area contributed by atoms with Crippen molar-refractivity contribution in [2.45, 2.75) is 50.9 Å². The lowest BCUT2D eigenvalue weighted by molar-refractivity contribution is -0.152. The number of likely N-dealkylation sites (tertiary alicyclic amines) is 1. The van der Waals surface area contributed by atoms with Crippen LogP contribution in [0, 0.1) is 12.3 Å². The summed E-state index contributed by atoms with van der Waals surface area (Å²) < 4.78 is 5.17. The zero-order valence-corrected chi connectivity index (χ0v) is 15.8. The molecule has 1 amide bonds. The van der Waals surface area contributed by atoms with E-state index in [-0.39, 0.29) is 19.1 Å². The summed E-state index contributed by atoms with van der Waals surface area (Å²) in [5.41, 5.74) is 0.751. The monoisotopic (exact) mass is 359 g/mol. The summed E-state index contributed by atoms with van der Waals surface area (Å²) >= 11 is 0. The fourth-order valence-electron chi connectivity index (χ4n) is 4.70. The molecular formula is C21H29NO4. The fourth-order valence-corrected chi connectivity index (χ4v) is 4.70. The van der Waals surface area contributed by atoms with E-state index in [1.165, 1.54) is 7.11 Å². The molecule has 1 aromatic carbocycles. The molecule has 3 rings (SSSR count). The Morgan fingerprint density at radius 3 is 2.54 bits per heavy atom. The lowest BCUT2D eigenvalue weighted by Crippen LogP contribution is -2.49. The second-order valence-corrected chi connectivity index (χ2v) is 8.01. The van der Waals surface area contributed by atoms with Gasteiger partial charge in [0.15, 0.2) is 0 Å². The van der Waals surface area contributed by atoms with E-state index >= 15 is 0 Å². The summed E-state index contributed by atoms with van der Waals surface area (Å²) in [5, 5.41) is 9.70. The Kier molecular flexibility index (Phi) is 5.37. The Labute approximate surface area is 155 Å². The second kappa shape index (κ2) is 7.39. The summed E-state index contributed by atoms with van der Waals surface area (Å²) in [5.74, 6) is -0.773. The maximum absolute atomic E-state index is 13.6. The minimum Gasteiger partial charge on any atom is -0.481 e. The van der Waals surface area contributed by atoms with E-state index in [0.29, 0.717) is 13.0 Å². The van der Waals surface area contributed by atoms with Gasteiger partial charge in [-0.25, -0.2) is 0 Å². The number of nitrogens with zero attached hydrogens (tertiary/aromatic N) is 1. The van der Waals surface area contributed by atoms with Gasteiger partial charge in [-0.15, -0.1) is 0 Å². The molecule has 0 aromatic heterocycles. The van der Waals surface area contributed by atoms with E-state index in [4.69, 9.17) is 4.74 Å². The average Bonchev–Trinajstić information content (AvgIpc) is 3.07. The van der Waals surface area contributed by atoms with Crippen molar-refractivity contribution in [1.29, 1.82) is 0 Å². The first-order chi connectivity index (χ1) is 12.4. The molecule has 1 heterocycles. The number of benzene rings is 1. The molecule has 1 saturated carbocycles. The van der Waals surface area contributed by atoms with Crippen molar-refractivity contribution >= 4 is 11.9 Å². The van der Waals surface area contributed by atoms with Crippen LogP contribution in [-0.4, -0.2) is 48.7 Å². The summed E-state index contributed by atoms with van der Waals surface area (Å²) in [6.07, 6.45) is 5.37. The van der Waals surface area contributed by atoms with Gasteiger partial charge in [0.25, 0.3) is 0 Å². The zero-order valence-electron chi connectivity index (χ0n) is 15.8. The van der Waals surface area contributed by atoms with Gasteiger partial charge in [-0.2, -0.15) is 0 Å². The molecular weight excluding hydrogens is 330 g/mol. The molecule has 0 spiro atoms. The number of hydrogen-bond donors (Lipinski definition) is 1. The lowest BCUT2D eigenvalue weighted by Gasteiger charge is -2.39. The third-order valence-corrected chi connectivity index (χ3v) is 6.20. The maximum atomic E-state index is 13.6. The number of ether oxygens (including phenoxy) is 1. The van der Waals surface area contributed by atoms with E-state index in [2.05, 4.69) is 12.1 Å². The summed E-state index contributed by atoms with van der Waals surface area (Å²) in [7, 11) is 1.52. The van der Waals surface area contributed by atoms with Gasteiger partial charge < -0.3 is 14.7 Å². The van der Waals surface area contributed by atoms with E-state index in [0.717, 1.165) is 43.2 Å². The second-order valence-electron chi connectivity index (χ2n) is 8.01. The van der Waals surface area contributed by atoms with Gasteiger partial charge in [-0.05, 0) is 31.7 Å². The Bertz CT molecular complexity index is 680. The molecule has 1 saturated heterocycles. The number of carbonyl (C=O) groups excluding carboxylic acids is 1. The Balaban J connectivity index is 1.91. The molecule has 1 N–H and O–H groups in total. The standard InChI is InChI=1S/C21H29NO4/c1-16-7-6-8-17(13-16)21(9-4-3-5-10-21)18(23)22-12-11-20(14-22,15-26-2)19(24)25/h6-8,13H,3-5,9-12,14-15H2,1-2H3,(H,24,25). The van der Waals surface area contributed by atoms with Crippen LogP contribution in [0.2, 0.25) is 0 Å². The average molecular weight is 359 g/mol. The van der Waals surface area contributed by atoms with Crippen LogP contribution in [0.1, 0.15) is 49.7 Å². The van der Waals surface area contributed by atoms with E-state index in [9.17, 15) is 14.7 Å². The van der Waals surface area contributed by atoms with Gasteiger partial charge in [-0.3, -0.25) is 9.59 Å². The van der Waals surface area contributed by atoms with Crippen LogP contribution in [-0.2, 0) is 19.7 Å². The van der Waals surface area contributed by atoms with Gasteiger partial charge in [0, 0.05) is 20.2 Å². The highest BCUT2D eigenvalue weighted by molar-refractivity contribution is 5.90. The van der Waals surface area contributed by atoms with Crippen molar-refractivity contribution in [2.75, 3.05) is 26.8 Å². The first-order valence-corrected chi connectivity index (χ1v) is 9.52. The summed E-state index contributed by atoms with van der Waals surface area (Å²) in [6, 6.07) is 8.25. The molecule has 26 heavy (non-hydrogen) atoms. The molecule has 142 valence electrons. The van der Waals surface area contributed by atoms with Crippen molar-refractivity contribution in [1.82, 2.24) is 4.90 Å². The van der Waals surface area contributed by atoms with Crippen molar-refractivity contribution in [3.63, 3.8) is 0 Å². The third kappa shape index (κ3) is 3.25. The van der Waals surface area contributed by atoms with E-state index < -0.39 is 16.8 Å². The highest BCUT2D eigenvalue weighted by Crippen LogP contribution is 2.43. The molecule has 1 aliphatic carbocycles. The molecule has 2 fully saturated rings. The van der Waals surface area contributed by atoms with Crippen molar-refractivity contribution in [3.8, 4) is 0 Å². The molecule has 1 atom stereocenters. The Morgan fingerprint density at radius 2 is 1.92 bits per heavy atom. The Hall–Kier alpha value is -1.88. The molecule has 2 aliphatic rings. The van der Waals surface area contributed by atoms with Crippen LogP contribution in [0.15, 0.2) is 24.3 Å². The smallest absolute Gasteiger partial charge is 0.313 e. The first-order valence-electron chi connectivity index (χ1n) is 9.52. The number of hydrogen-bond acceptors (Lipinski definition) is 3. The normalized spacial score (nSPS) is 25.2. The highest BCUT2D eigenvalue weighted by atomic mass is 16.5. The van der Waals surface area contributed by atoms with Gasteiger partial charge in [0.2, 0.25) is 5.91 Å². The number of methoxy groups -OCH3 is 1. The van der Waals surface area contributed by atoms with E-state index in [1.54, 1.807) is 4.90 Å². The van der Waals surface area contributed by atoms with Crippen LogP contribution in [0.5, 0.6) is 0 Å². The predicted molar refractivity (Wildman–Crippen MR) is 99.1 cm³/mol. The third-order valence-electron chi connectivity index (χ3n) is 6.20. The molecule has 1 aromatic rings. The molecule has 5 heteroatoms. The van der Waals surface area contributed by atoms with Crippen molar-refractivity contribution in [2.24, 2.45) is 5.41 Å². The number of aryl methyl sites for hydroxylation is 1. The quantitative estimate of drug-likeness (QED) is 0.877. The first kappa shape index (κ1) is 18.9. The molecule has 5 nitrogen and oxygen atoms in total. The van der Waals surface area contributed by atoms with Gasteiger partial charge >= 0.3 is 5.97 Å². The van der Waals surface area contributed by atoms with Crippen LogP contribution < -0.4 is 0 Å². The highest BCUT2D eigenvalue weighted by Gasteiger charge is 2.51. The summed E-state index contributed by atoms with van der Waals surface area (Å²) in [6.45, 7) is 2.92. The van der Waals surface area contributed by atoms with Crippen LogP contribution in [0.4, 0.5) is 0 Å². The van der Waals surface area contributed by atoms with Gasteiger partial charge in [0.1, 0.15) is 5.41 Å².